The number of rotatable bonds is 1. The Morgan fingerprint density at radius 2 is 2.10 bits per heavy atom. The number of benzene rings is 2. The van der Waals surface area contributed by atoms with Crippen LogP contribution in [0, 0.1) is 5.82 Å². The number of anilines is 2. The van der Waals surface area contributed by atoms with Crippen molar-refractivity contribution < 1.29 is 9.18 Å². The molecule has 1 aliphatic heterocycles. The van der Waals surface area contributed by atoms with Gasteiger partial charge in [0.05, 0.1) is 10.0 Å². The van der Waals surface area contributed by atoms with Crippen LogP contribution in [0.2, 0.25) is 0 Å². The number of amides is 1. The number of hydrogen-bond donors (Lipinski definition) is 1. The van der Waals surface area contributed by atoms with Crippen LogP contribution in [0.15, 0.2) is 40.9 Å². The van der Waals surface area contributed by atoms with Crippen molar-refractivity contribution in [1.29, 1.82) is 0 Å². The SMILES string of the molecule is Nc1ccc2c(c1)N(C(=O)c1cccc(Br)c1F)CC2. The number of carbonyl (C=O) groups is 1. The summed E-state index contributed by atoms with van der Waals surface area (Å²) >= 11 is 3.10. The van der Waals surface area contributed by atoms with Gasteiger partial charge in [-0.3, -0.25) is 4.79 Å². The van der Waals surface area contributed by atoms with Gasteiger partial charge >= 0.3 is 0 Å². The van der Waals surface area contributed by atoms with Crippen LogP contribution in [-0.2, 0) is 6.42 Å². The lowest BCUT2D eigenvalue weighted by Gasteiger charge is -2.18. The lowest BCUT2D eigenvalue weighted by atomic mass is 10.1. The van der Waals surface area contributed by atoms with Gasteiger partial charge in [0.1, 0.15) is 5.82 Å². The van der Waals surface area contributed by atoms with Gasteiger partial charge in [0.25, 0.3) is 5.91 Å². The average Bonchev–Trinajstić information content (AvgIpc) is 2.84. The number of nitrogens with two attached hydrogens (primary N) is 1. The molecule has 0 saturated heterocycles. The van der Waals surface area contributed by atoms with E-state index in [0.29, 0.717) is 12.2 Å². The van der Waals surface area contributed by atoms with E-state index in [0.717, 1.165) is 17.7 Å². The molecule has 102 valence electrons. The van der Waals surface area contributed by atoms with E-state index >= 15 is 0 Å². The molecule has 20 heavy (non-hydrogen) atoms. The van der Waals surface area contributed by atoms with Crippen LogP contribution < -0.4 is 10.6 Å². The van der Waals surface area contributed by atoms with Crippen molar-refractivity contribution >= 4 is 33.2 Å². The van der Waals surface area contributed by atoms with E-state index in [1.807, 2.05) is 12.1 Å². The average molecular weight is 335 g/mol. The number of hydrogen-bond acceptors (Lipinski definition) is 2. The Hall–Kier alpha value is -1.88. The van der Waals surface area contributed by atoms with E-state index in [1.165, 1.54) is 6.07 Å². The number of halogens is 2. The van der Waals surface area contributed by atoms with Crippen LogP contribution in [0.5, 0.6) is 0 Å². The molecule has 2 aromatic rings. The number of carbonyl (C=O) groups excluding carboxylic acids is 1. The fraction of sp³-hybridized carbons (Fsp3) is 0.133. The van der Waals surface area contributed by atoms with Gasteiger partial charge in [0.15, 0.2) is 0 Å². The standard InChI is InChI=1S/C15H12BrFN2O/c16-12-3-1-2-11(14(12)17)15(20)19-7-6-9-4-5-10(18)8-13(9)19/h1-5,8H,6-7,18H2. The van der Waals surface area contributed by atoms with E-state index in [1.54, 1.807) is 23.1 Å². The Morgan fingerprint density at radius 3 is 2.90 bits per heavy atom. The summed E-state index contributed by atoms with van der Waals surface area (Å²) < 4.78 is 14.3. The van der Waals surface area contributed by atoms with Crippen LogP contribution in [0.25, 0.3) is 0 Å². The molecule has 0 aliphatic carbocycles. The summed E-state index contributed by atoms with van der Waals surface area (Å²) in [5.41, 5.74) is 8.26. The van der Waals surface area contributed by atoms with Gasteiger partial charge in [-0.2, -0.15) is 0 Å². The zero-order valence-electron chi connectivity index (χ0n) is 10.6. The number of nitrogens with zero attached hydrogens (tertiary/aromatic N) is 1. The first-order valence-corrected chi connectivity index (χ1v) is 7.01. The van der Waals surface area contributed by atoms with E-state index in [4.69, 9.17) is 5.73 Å². The van der Waals surface area contributed by atoms with Crippen molar-refractivity contribution in [2.45, 2.75) is 6.42 Å². The fourth-order valence-corrected chi connectivity index (χ4v) is 2.79. The lowest BCUT2D eigenvalue weighted by Crippen LogP contribution is -2.29. The van der Waals surface area contributed by atoms with Crippen LogP contribution in [0.1, 0.15) is 15.9 Å². The molecule has 0 fully saturated rings. The van der Waals surface area contributed by atoms with Gasteiger partial charge in [0, 0.05) is 17.9 Å². The Morgan fingerprint density at radius 1 is 1.30 bits per heavy atom. The Bertz CT molecular complexity index is 702. The molecular weight excluding hydrogens is 323 g/mol. The first-order chi connectivity index (χ1) is 9.58. The van der Waals surface area contributed by atoms with Crippen LogP contribution in [0.3, 0.4) is 0 Å². The summed E-state index contributed by atoms with van der Waals surface area (Å²) in [5, 5.41) is 0. The quantitative estimate of drug-likeness (QED) is 0.812. The van der Waals surface area contributed by atoms with Crippen molar-refractivity contribution in [2.75, 3.05) is 17.2 Å². The normalized spacial score (nSPS) is 13.4. The monoisotopic (exact) mass is 334 g/mol. The topological polar surface area (TPSA) is 46.3 Å². The summed E-state index contributed by atoms with van der Waals surface area (Å²) in [6, 6.07) is 10.2. The van der Waals surface area contributed by atoms with Crippen LogP contribution in [0.4, 0.5) is 15.8 Å². The number of fused-ring (bicyclic) bond motifs is 1. The van der Waals surface area contributed by atoms with Crippen molar-refractivity contribution in [1.82, 2.24) is 0 Å². The molecule has 2 aromatic carbocycles. The van der Waals surface area contributed by atoms with Gasteiger partial charge in [-0.05, 0) is 52.2 Å². The highest BCUT2D eigenvalue weighted by molar-refractivity contribution is 9.10. The zero-order valence-corrected chi connectivity index (χ0v) is 12.2. The van der Waals surface area contributed by atoms with Crippen molar-refractivity contribution in [2.24, 2.45) is 0 Å². The predicted octanol–water partition coefficient (Wildman–Crippen LogP) is 3.37. The molecule has 0 unspecified atom stereocenters. The maximum absolute atomic E-state index is 14.0. The van der Waals surface area contributed by atoms with Crippen LogP contribution >= 0.6 is 15.9 Å². The fourth-order valence-electron chi connectivity index (χ4n) is 2.42. The molecule has 0 aromatic heterocycles. The Kier molecular flexibility index (Phi) is 3.22. The third-order valence-corrected chi connectivity index (χ3v) is 4.04. The molecule has 0 saturated carbocycles. The second kappa shape index (κ2) is 4.90. The summed E-state index contributed by atoms with van der Waals surface area (Å²) in [7, 11) is 0. The Balaban J connectivity index is 2.02. The smallest absolute Gasteiger partial charge is 0.261 e. The molecule has 3 rings (SSSR count). The molecule has 2 N–H and O–H groups in total. The van der Waals surface area contributed by atoms with Crippen molar-refractivity contribution in [3.8, 4) is 0 Å². The molecule has 1 aliphatic rings. The highest BCUT2D eigenvalue weighted by Gasteiger charge is 2.27. The summed E-state index contributed by atoms with van der Waals surface area (Å²) in [5.74, 6) is -0.872. The van der Waals surface area contributed by atoms with Gasteiger partial charge in [-0.1, -0.05) is 12.1 Å². The lowest BCUT2D eigenvalue weighted by molar-refractivity contribution is 0.0985. The molecule has 1 amide bonds. The highest BCUT2D eigenvalue weighted by atomic mass is 79.9. The van der Waals surface area contributed by atoms with Gasteiger partial charge in [-0.15, -0.1) is 0 Å². The van der Waals surface area contributed by atoms with Gasteiger partial charge in [-0.25, -0.2) is 4.39 Å². The zero-order chi connectivity index (χ0) is 14.3. The van der Waals surface area contributed by atoms with E-state index in [9.17, 15) is 9.18 Å². The molecule has 1 heterocycles. The second-order valence-electron chi connectivity index (χ2n) is 4.70. The summed E-state index contributed by atoms with van der Waals surface area (Å²) in [6.45, 7) is 0.545. The maximum atomic E-state index is 14.0. The predicted molar refractivity (Wildman–Crippen MR) is 80.3 cm³/mol. The minimum Gasteiger partial charge on any atom is -0.399 e. The van der Waals surface area contributed by atoms with E-state index < -0.39 is 5.82 Å². The van der Waals surface area contributed by atoms with Crippen molar-refractivity contribution in [3.63, 3.8) is 0 Å². The van der Waals surface area contributed by atoms with Crippen LogP contribution in [-0.4, -0.2) is 12.5 Å². The maximum Gasteiger partial charge on any atom is 0.261 e. The van der Waals surface area contributed by atoms with Gasteiger partial charge < -0.3 is 10.6 Å². The molecular formula is C15H12BrFN2O. The van der Waals surface area contributed by atoms with E-state index in [-0.39, 0.29) is 15.9 Å². The van der Waals surface area contributed by atoms with Crippen molar-refractivity contribution in [3.05, 3.63) is 57.8 Å². The highest BCUT2D eigenvalue weighted by Crippen LogP contribution is 2.32. The molecule has 5 heteroatoms. The third-order valence-electron chi connectivity index (χ3n) is 3.43. The molecule has 0 bridgehead atoms. The minimum atomic E-state index is -0.533. The first-order valence-electron chi connectivity index (χ1n) is 6.22. The molecule has 0 atom stereocenters. The largest absolute Gasteiger partial charge is 0.399 e. The summed E-state index contributed by atoms with van der Waals surface area (Å²) in [4.78, 5) is 14.1. The van der Waals surface area contributed by atoms with Gasteiger partial charge in [0.2, 0.25) is 0 Å². The molecule has 3 nitrogen and oxygen atoms in total. The Labute approximate surface area is 124 Å². The first kappa shape index (κ1) is 13.1. The molecule has 0 radical (unpaired) electrons. The summed E-state index contributed by atoms with van der Waals surface area (Å²) in [6.07, 6.45) is 0.761. The second-order valence-corrected chi connectivity index (χ2v) is 5.55. The minimum absolute atomic E-state index is 0.0645. The number of nitrogen functional groups attached to an aromatic ring is 1. The third kappa shape index (κ3) is 2.08. The van der Waals surface area contributed by atoms with E-state index in [2.05, 4.69) is 15.9 Å². The molecule has 0 spiro atoms.